The maximum atomic E-state index is 11.3. The van der Waals surface area contributed by atoms with Crippen LogP contribution in [0.4, 0.5) is 11.4 Å². The van der Waals surface area contributed by atoms with E-state index in [0.29, 0.717) is 0 Å². The number of carboxylic acids is 1. The third kappa shape index (κ3) is 6.42. The van der Waals surface area contributed by atoms with Crippen molar-refractivity contribution in [1.29, 1.82) is 0 Å². The number of nitro benzene ring substituents is 1. The van der Waals surface area contributed by atoms with Crippen molar-refractivity contribution < 1.29 is 52.8 Å². The van der Waals surface area contributed by atoms with Crippen molar-refractivity contribution in [3.8, 4) is 0 Å². The van der Waals surface area contributed by atoms with Crippen LogP contribution in [0.15, 0.2) is 23.1 Å². The van der Waals surface area contributed by atoms with Crippen LogP contribution in [0.3, 0.4) is 0 Å². The fraction of sp³-hybridized carbons (Fsp3) is 0.364. The smallest absolute Gasteiger partial charge is 0.550 e. The molecule has 0 fully saturated rings. The Morgan fingerprint density at radius 1 is 1.38 bits per heavy atom. The number of rotatable bonds is 7. The van der Waals surface area contributed by atoms with E-state index in [1.54, 1.807) is 0 Å². The second-order valence-electron chi connectivity index (χ2n) is 4.11. The molecule has 1 aromatic rings. The van der Waals surface area contributed by atoms with E-state index < -0.39 is 20.7 Å². The van der Waals surface area contributed by atoms with Gasteiger partial charge in [-0.15, -0.1) is 0 Å². The van der Waals surface area contributed by atoms with Gasteiger partial charge in [0.2, 0.25) is 0 Å². The van der Waals surface area contributed by atoms with Crippen molar-refractivity contribution in [2.75, 3.05) is 18.1 Å². The molecule has 0 spiro atoms. The predicted octanol–water partition coefficient (Wildman–Crippen LogP) is -3.06. The van der Waals surface area contributed by atoms with Crippen LogP contribution in [0.1, 0.15) is 12.8 Å². The van der Waals surface area contributed by atoms with Crippen molar-refractivity contribution in [1.82, 2.24) is 0 Å². The molecule has 0 amide bonds. The number of aliphatic carboxylic acids is 1. The molecule has 0 atom stereocenters. The van der Waals surface area contributed by atoms with Crippen LogP contribution in [0.5, 0.6) is 0 Å². The Bertz CT molecular complexity index is 632. The Labute approximate surface area is 143 Å². The molecule has 0 unspecified atom stereocenters. The average Bonchev–Trinajstić information content (AvgIpc) is 2.33. The molecule has 1 rings (SSSR count). The average molecular weight is 324 g/mol. The third-order valence-corrected chi connectivity index (χ3v) is 3.58. The van der Waals surface area contributed by atoms with Gasteiger partial charge in [0.1, 0.15) is 5.69 Å². The van der Waals surface area contributed by atoms with Gasteiger partial charge in [-0.3, -0.25) is 10.1 Å². The Hall–Kier alpha value is -1.16. The van der Waals surface area contributed by atoms with Crippen LogP contribution in [0.25, 0.3) is 0 Å². The van der Waals surface area contributed by atoms with E-state index in [1.165, 1.54) is 12.1 Å². The first kappa shape index (κ1) is 19.8. The predicted molar refractivity (Wildman–Crippen MR) is 68.9 cm³/mol. The van der Waals surface area contributed by atoms with Gasteiger partial charge in [0.05, 0.1) is 9.82 Å². The summed E-state index contributed by atoms with van der Waals surface area (Å²) in [6, 6.07) is 3.51. The Morgan fingerprint density at radius 2 is 2.00 bits per heavy atom. The summed E-state index contributed by atoms with van der Waals surface area (Å²) >= 11 is 0. The minimum Gasteiger partial charge on any atom is -0.550 e. The SMILES string of the molecule is CS(=O)(=O)c1ccc(NCCCC(=O)[O-])c([N+](=O)[O-])c1.[Na+]. The molecule has 0 aliphatic carbocycles. The summed E-state index contributed by atoms with van der Waals surface area (Å²) in [6.45, 7) is 0.201. The standard InChI is InChI=1S/C11H14N2O6S.Na/c1-20(18,19)8-4-5-9(10(7-8)13(16)17)12-6-2-3-11(14)15;/h4-5,7,12H,2-3,6H2,1H3,(H,14,15);/q;+1/p-1. The number of hydrogen-bond acceptors (Lipinski definition) is 7. The molecule has 0 saturated heterocycles. The zero-order chi connectivity index (χ0) is 15.3. The van der Waals surface area contributed by atoms with E-state index in [-0.39, 0.29) is 65.2 Å². The molecule has 0 heterocycles. The van der Waals surface area contributed by atoms with Crippen LogP contribution in [-0.2, 0) is 14.6 Å². The summed E-state index contributed by atoms with van der Waals surface area (Å²) in [7, 11) is -3.53. The number of carbonyl (C=O) groups is 1. The zero-order valence-electron chi connectivity index (χ0n) is 11.7. The number of benzene rings is 1. The maximum Gasteiger partial charge on any atom is 1.00 e. The first-order chi connectivity index (χ1) is 9.21. The van der Waals surface area contributed by atoms with Gasteiger partial charge < -0.3 is 15.2 Å². The molecule has 0 aliphatic heterocycles. The molecule has 8 nitrogen and oxygen atoms in total. The van der Waals surface area contributed by atoms with Crippen LogP contribution in [0.2, 0.25) is 0 Å². The van der Waals surface area contributed by atoms with E-state index in [9.17, 15) is 28.4 Å². The molecule has 0 aliphatic rings. The number of carboxylic acid groups (broad SMARTS) is 1. The van der Waals surface area contributed by atoms with E-state index >= 15 is 0 Å². The minimum absolute atomic E-state index is 0. The number of nitrogens with zero attached hydrogens (tertiary/aromatic N) is 1. The second kappa shape index (κ2) is 8.32. The largest absolute Gasteiger partial charge is 1.00 e. The first-order valence-electron chi connectivity index (χ1n) is 5.64. The summed E-state index contributed by atoms with van der Waals surface area (Å²) in [6.07, 6.45) is 1.04. The quantitative estimate of drug-likeness (QED) is 0.244. The number of nitro groups is 1. The van der Waals surface area contributed by atoms with E-state index in [1.807, 2.05) is 0 Å². The summed E-state index contributed by atoms with van der Waals surface area (Å²) in [5, 5.41) is 23.8. The van der Waals surface area contributed by atoms with E-state index in [4.69, 9.17) is 0 Å². The van der Waals surface area contributed by atoms with Gasteiger partial charge in [-0.25, -0.2) is 8.42 Å². The molecule has 10 heteroatoms. The first-order valence-corrected chi connectivity index (χ1v) is 7.53. The zero-order valence-corrected chi connectivity index (χ0v) is 14.5. The summed E-state index contributed by atoms with van der Waals surface area (Å²) in [5.41, 5.74) is -0.234. The van der Waals surface area contributed by atoms with Crippen molar-refractivity contribution in [2.45, 2.75) is 17.7 Å². The normalized spacial score (nSPS) is 10.5. The Balaban J connectivity index is 0.00000400. The number of sulfone groups is 1. The molecule has 0 radical (unpaired) electrons. The minimum atomic E-state index is -3.53. The maximum absolute atomic E-state index is 11.3. The Morgan fingerprint density at radius 3 is 2.48 bits per heavy atom. The number of carbonyl (C=O) groups excluding carboxylic acids is 1. The molecule has 1 N–H and O–H groups in total. The molecule has 1 aromatic carbocycles. The van der Waals surface area contributed by atoms with Crippen molar-refractivity contribution in [2.24, 2.45) is 0 Å². The van der Waals surface area contributed by atoms with Gasteiger partial charge in [0, 0.05) is 24.8 Å². The molecule has 0 bridgehead atoms. The molecule has 0 saturated carbocycles. The monoisotopic (exact) mass is 324 g/mol. The van der Waals surface area contributed by atoms with Crippen LogP contribution < -0.4 is 40.0 Å². The number of nitrogens with one attached hydrogen (secondary N) is 1. The van der Waals surface area contributed by atoms with E-state index in [2.05, 4.69) is 5.32 Å². The van der Waals surface area contributed by atoms with Gasteiger partial charge in [0.15, 0.2) is 9.84 Å². The molecule has 21 heavy (non-hydrogen) atoms. The summed E-state index contributed by atoms with van der Waals surface area (Å²) in [5.74, 6) is -1.20. The van der Waals surface area contributed by atoms with Crippen molar-refractivity contribution in [3.63, 3.8) is 0 Å². The van der Waals surface area contributed by atoms with Gasteiger partial charge in [-0.1, -0.05) is 0 Å². The van der Waals surface area contributed by atoms with Gasteiger partial charge in [-0.05, 0) is 25.0 Å². The van der Waals surface area contributed by atoms with E-state index in [0.717, 1.165) is 12.3 Å². The van der Waals surface area contributed by atoms with Crippen LogP contribution >= 0.6 is 0 Å². The van der Waals surface area contributed by atoms with Crippen molar-refractivity contribution >= 4 is 27.2 Å². The van der Waals surface area contributed by atoms with Crippen LogP contribution in [0, 0.1) is 10.1 Å². The number of anilines is 1. The molecule has 0 aromatic heterocycles. The van der Waals surface area contributed by atoms with Crippen LogP contribution in [-0.4, -0.2) is 32.1 Å². The van der Waals surface area contributed by atoms with Crippen molar-refractivity contribution in [3.05, 3.63) is 28.3 Å². The number of hydrogen-bond donors (Lipinski definition) is 1. The third-order valence-electron chi connectivity index (χ3n) is 2.47. The Kier molecular flexibility index (Phi) is 7.86. The molecule has 110 valence electrons. The fourth-order valence-corrected chi connectivity index (χ4v) is 2.14. The summed E-state index contributed by atoms with van der Waals surface area (Å²) < 4.78 is 22.7. The van der Waals surface area contributed by atoms with Gasteiger partial charge in [0.25, 0.3) is 5.69 Å². The second-order valence-corrected chi connectivity index (χ2v) is 6.13. The topological polar surface area (TPSA) is 129 Å². The summed E-state index contributed by atoms with van der Waals surface area (Å²) in [4.78, 5) is 20.3. The van der Waals surface area contributed by atoms with Gasteiger partial charge >= 0.3 is 29.6 Å². The fourth-order valence-electron chi connectivity index (χ4n) is 1.50. The molecular formula is C11H13N2NaO6S. The molecular weight excluding hydrogens is 311 g/mol. The van der Waals surface area contributed by atoms with Gasteiger partial charge in [-0.2, -0.15) is 0 Å².